The van der Waals surface area contributed by atoms with E-state index in [1.165, 1.54) is 11.3 Å². The van der Waals surface area contributed by atoms with Gasteiger partial charge in [-0.1, -0.05) is 18.2 Å². The molecule has 1 N–H and O–H groups in total. The summed E-state index contributed by atoms with van der Waals surface area (Å²) in [5.74, 6) is 1.30. The van der Waals surface area contributed by atoms with E-state index in [9.17, 15) is 9.59 Å². The van der Waals surface area contributed by atoms with E-state index in [0.717, 1.165) is 48.7 Å². The summed E-state index contributed by atoms with van der Waals surface area (Å²) >= 11 is 1.48. The second-order valence-electron chi connectivity index (χ2n) is 8.53. The lowest BCUT2D eigenvalue weighted by molar-refractivity contribution is 0.0827. The van der Waals surface area contributed by atoms with Crippen LogP contribution in [0.4, 0.5) is 10.6 Å². The van der Waals surface area contributed by atoms with Crippen molar-refractivity contribution in [3.63, 3.8) is 0 Å². The number of aromatic nitrogens is 2. The highest BCUT2D eigenvalue weighted by Gasteiger charge is 2.21. The fourth-order valence-corrected chi connectivity index (χ4v) is 4.47. The molecule has 0 radical (unpaired) electrons. The van der Waals surface area contributed by atoms with Gasteiger partial charge in [0.2, 0.25) is 0 Å². The number of thiazole rings is 1. The molecule has 1 aliphatic heterocycles. The highest BCUT2D eigenvalue weighted by Crippen LogP contribution is 2.25. The number of nitrogens with one attached hydrogen (secondary N) is 1. The number of nitrogens with zero attached hydrogens (tertiary/aromatic N) is 4. The third-order valence-electron chi connectivity index (χ3n) is 5.85. The van der Waals surface area contributed by atoms with Gasteiger partial charge in [-0.15, -0.1) is 11.3 Å². The molecule has 1 fully saturated rings. The molecule has 178 valence electrons. The highest BCUT2D eigenvalue weighted by molar-refractivity contribution is 7.07. The Hall–Kier alpha value is -3.46. The Morgan fingerprint density at radius 2 is 1.97 bits per heavy atom. The molecule has 0 aliphatic carbocycles. The van der Waals surface area contributed by atoms with Crippen LogP contribution in [0.1, 0.15) is 28.9 Å². The SMILES string of the molecule is CN(C)C(=O)c1cccc(-c2cccc(N3CCC(CNC(=O)OCc4cscn4)CC3)n2)c1. The normalized spacial score (nSPS) is 14.0. The molecule has 0 saturated carbocycles. The predicted octanol–water partition coefficient (Wildman–Crippen LogP) is 4.05. The molecule has 1 aliphatic rings. The van der Waals surface area contributed by atoms with Crippen molar-refractivity contribution < 1.29 is 14.3 Å². The first kappa shape index (κ1) is 23.7. The number of alkyl carbamates (subject to hydrolysis) is 1. The van der Waals surface area contributed by atoms with Crippen LogP contribution in [0.2, 0.25) is 0 Å². The molecule has 4 rings (SSSR count). The lowest BCUT2D eigenvalue weighted by atomic mass is 9.97. The number of anilines is 1. The minimum Gasteiger partial charge on any atom is -0.443 e. The Bertz CT molecular complexity index is 1110. The number of amides is 2. The van der Waals surface area contributed by atoms with Crippen molar-refractivity contribution in [1.82, 2.24) is 20.2 Å². The van der Waals surface area contributed by atoms with Crippen molar-refractivity contribution in [2.24, 2.45) is 5.92 Å². The summed E-state index contributed by atoms with van der Waals surface area (Å²) < 4.78 is 5.21. The number of hydrogen-bond donors (Lipinski definition) is 1. The number of benzene rings is 1. The molecule has 34 heavy (non-hydrogen) atoms. The van der Waals surface area contributed by atoms with E-state index in [-0.39, 0.29) is 12.5 Å². The van der Waals surface area contributed by atoms with Gasteiger partial charge in [-0.25, -0.2) is 14.8 Å². The molecule has 0 bridgehead atoms. The topological polar surface area (TPSA) is 87.7 Å². The van der Waals surface area contributed by atoms with Crippen molar-refractivity contribution in [1.29, 1.82) is 0 Å². The van der Waals surface area contributed by atoms with E-state index in [1.807, 2.05) is 47.8 Å². The third kappa shape index (κ3) is 6.11. The van der Waals surface area contributed by atoms with Crippen LogP contribution in [0.3, 0.4) is 0 Å². The zero-order chi connectivity index (χ0) is 23.9. The van der Waals surface area contributed by atoms with Crippen molar-refractivity contribution in [3.05, 3.63) is 64.6 Å². The first-order chi connectivity index (χ1) is 16.5. The molecule has 3 aromatic rings. The second-order valence-corrected chi connectivity index (χ2v) is 9.25. The van der Waals surface area contributed by atoms with Gasteiger partial charge in [0.15, 0.2) is 0 Å². The minimum absolute atomic E-state index is 0.0271. The van der Waals surface area contributed by atoms with Crippen molar-refractivity contribution in [3.8, 4) is 11.3 Å². The molecule has 1 saturated heterocycles. The number of rotatable bonds is 7. The molecular weight excluding hydrogens is 450 g/mol. The summed E-state index contributed by atoms with van der Waals surface area (Å²) in [6.07, 6.45) is 1.52. The van der Waals surface area contributed by atoms with Gasteiger partial charge in [0.1, 0.15) is 12.4 Å². The molecule has 0 atom stereocenters. The number of ether oxygens (including phenoxy) is 1. The second kappa shape index (κ2) is 11.1. The fraction of sp³-hybridized carbons (Fsp3) is 0.360. The molecule has 1 aromatic carbocycles. The quantitative estimate of drug-likeness (QED) is 0.550. The van der Waals surface area contributed by atoms with Crippen molar-refractivity contribution >= 4 is 29.2 Å². The van der Waals surface area contributed by atoms with Crippen LogP contribution in [-0.4, -0.2) is 60.6 Å². The van der Waals surface area contributed by atoms with Crippen molar-refractivity contribution in [2.75, 3.05) is 38.6 Å². The average molecular weight is 480 g/mol. The number of piperidine rings is 1. The van der Waals surface area contributed by atoms with Crippen LogP contribution in [0.25, 0.3) is 11.3 Å². The Labute approximate surface area is 203 Å². The number of pyridine rings is 1. The van der Waals surface area contributed by atoms with Gasteiger partial charge >= 0.3 is 6.09 Å². The summed E-state index contributed by atoms with van der Waals surface area (Å²) in [5.41, 5.74) is 4.90. The van der Waals surface area contributed by atoms with Crippen LogP contribution in [0.5, 0.6) is 0 Å². The lowest BCUT2D eigenvalue weighted by Crippen LogP contribution is -2.39. The first-order valence-corrected chi connectivity index (χ1v) is 12.3. The Morgan fingerprint density at radius 3 is 2.71 bits per heavy atom. The van der Waals surface area contributed by atoms with Gasteiger partial charge in [0.25, 0.3) is 5.91 Å². The van der Waals surface area contributed by atoms with Crippen LogP contribution >= 0.6 is 11.3 Å². The van der Waals surface area contributed by atoms with Crippen molar-refractivity contribution in [2.45, 2.75) is 19.4 Å². The first-order valence-electron chi connectivity index (χ1n) is 11.3. The lowest BCUT2D eigenvalue weighted by Gasteiger charge is -2.33. The average Bonchev–Trinajstić information content (AvgIpc) is 3.40. The standard InChI is InChI=1S/C25H29N5O3S/c1-29(2)24(31)20-6-3-5-19(13-20)22-7-4-8-23(28-22)30-11-9-18(10-12-30)14-26-25(32)33-15-21-16-34-17-27-21/h3-8,13,16-18H,9-12,14-15H2,1-2H3,(H,26,32). The molecule has 8 nitrogen and oxygen atoms in total. The summed E-state index contributed by atoms with van der Waals surface area (Å²) in [6, 6.07) is 13.6. The van der Waals surface area contributed by atoms with E-state index in [0.29, 0.717) is 18.0 Å². The molecule has 0 unspecified atom stereocenters. The van der Waals surface area contributed by atoms with Gasteiger partial charge in [-0.05, 0) is 43.0 Å². The summed E-state index contributed by atoms with van der Waals surface area (Å²) in [5, 5.41) is 4.74. The Kier molecular flexibility index (Phi) is 7.74. The molecule has 9 heteroatoms. The van der Waals surface area contributed by atoms with Gasteiger partial charge < -0.3 is 19.9 Å². The number of carbonyl (C=O) groups is 2. The van der Waals surface area contributed by atoms with E-state index in [2.05, 4.69) is 15.2 Å². The molecule has 2 amide bonds. The van der Waals surface area contributed by atoms with Crippen LogP contribution in [0, 0.1) is 5.92 Å². The zero-order valence-corrected chi connectivity index (χ0v) is 20.3. The van der Waals surface area contributed by atoms with E-state index in [4.69, 9.17) is 9.72 Å². The molecule has 0 spiro atoms. The maximum atomic E-state index is 12.3. The largest absolute Gasteiger partial charge is 0.443 e. The predicted molar refractivity (Wildman–Crippen MR) is 133 cm³/mol. The fourth-order valence-electron chi connectivity index (χ4n) is 3.92. The van der Waals surface area contributed by atoms with Gasteiger partial charge in [-0.3, -0.25) is 4.79 Å². The van der Waals surface area contributed by atoms with Gasteiger partial charge in [-0.2, -0.15) is 0 Å². The maximum Gasteiger partial charge on any atom is 0.407 e. The smallest absolute Gasteiger partial charge is 0.407 e. The molecule has 3 heterocycles. The Morgan fingerprint density at radius 1 is 1.18 bits per heavy atom. The van der Waals surface area contributed by atoms with Crippen LogP contribution in [0.15, 0.2) is 53.4 Å². The van der Waals surface area contributed by atoms with E-state index >= 15 is 0 Å². The van der Waals surface area contributed by atoms with E-state index in [1.54, 1.807) is 24.5 Å². The highest BCUT2D eigenvalue weighted by atomic mass is 32.1. The van der Waals surface area contributed by atoms with Crippen LogP contribution < -0.4 is 10.2 Å². The zero-order valence-electron chi connectivity index (χ0n) is 19.4. The molecule has 2 aromatic heterocycles. The summed E-state index contributed by atoms with van der Waals surface area (Å²) in [4.78, 5) is 37.1. The summed E-state index contributed by atoms with van der Waals surface area (Å²) in [6.45, 7) is 2.54. The minimum atomic E-state index is -0.403. The third-order valence-corrected chi connectivity index (χ3v) is 6.49. The monoisotopic (exact) mass is 479 g/mol. The number of carbonyl (C=O) groups excluding carboxylic acids is 2. The summed E-state index contributed by atoms with van der Waals surface area (Å²) in [7, 11) is 3.50. The molecular formula is C25H29N5O3S. The van der Waals surface area contributed by atoms with E-state index < -0.39 is 6.09 Å². The van der Waals surface area contributed by atoms with Gasteiger partial charge in [0, 0.05) is 50.2 Å². The maximum absolute atomic E-state index is 12.3. The van der Waals surface area contributed by atoms with Gasteiger partial charge in [0.05, 0.1) is 16.9 Å². The Balaban J connectivity index is 1.29. The number of hydrogen-bond acceptors (Lipinski definition) is 7. The van der Waals surface area contributed by atoms with Crippen LogP contribution in [-0.2, 0) is 11.3 Å².